The molecule has 1 aromatic rings. The molecular formula is C13H19F2N3. The predicted octanol–water partition coefficient (Wildman–Crippen LogP) is 3.17. The Labute approximate surface area is 106 Å². The lowest BCUT2D eigenvalue weighted by molar-refractivity contribution is 0.549. The smallest absolute Gasteiger partial charge is 0.168 e. The van der Waals surface area contributed by atoms with Gasteiger partial charge in [-0.3, -0.25) is 0 Å². The molecule has 1 N–H and O–H groups in total. The molecule has 0 radical (unpaired) electrons. The number of hydrogen-bond acceptors (Lipinski definition) is 3. The molecule has 0 bridgehead atoms. The molecule has 5 heteroatoms. The van der Waals surface area contributed by atoms with Crippen LogP contribution in [0.2, 0.25) is 0 Å². The number of hydrogen-bond donors (Lipinski definition) is 1. The van der Waals surface area contributed by atoms with Crippen molar-refractivity contribution in [3.8, 4) is 0 Å². The summed E-state index contributed by atoms with van der Waals surface area (Å²) in [5.41, 5.74) is 0. The molecule has 0 amide bonds. The second-order valence-electron chi connectivity index (χ2n) is 4.60. The van der Waals surface area contributed by atoms with Crippen LogP contribution in [0.4, 0.5) is 20.4 Å². The topological polar surface area (TPSA) is 28.2 Å². The molecule has 0 aliphatic heterocycles. The van der Waals surface area contributed by atoms with Gasteiger partial charge in [-0.2, -0.15) is 0 Å². The number of anilines is 2. The molecular weight excluding hydrogens is 236 g/mol. The first-order valence-corrected chi connectivity index (χ1v) is 6.47. The molecule has 1 aromatic heterocycles. The largest absolute Gasteiger partial charge is 0.371 e. The first-order chi connectivity index (χ1) is 8.67. The van der Waals surface area contributed by atoms with Gasteiger partial charge in [0.05, 0.1) is 0 Å². The summed E-state index contributed by atoms with van der Waals surface area (Å²) < 4.78 is 27.3. The van der Waals surface area contributed by atoms with Gasteiger partial charge in [-0.1, -0.05) is 12.8 Å². The first-order valence-electron chi connectivity index (χ1n) is 6.47. The number of halogens is 2. The highest BCUT2D eigenvalue weighted by atomic mass is 19.1. The summed E-state index contributed by atoms with van der Waals surface area (Å²) in [5, 5.41) is 2.65. The van der Waals surface area contributed by atoms with Crippen molar-refractivity contribution in [3.05, 3.63) is 17.7 Å². The molecule has 0 aromatic carbocycles. The lowest BCUT2D eigenvalue weighted by Gasteiger charge is -2.29. The van der Waals surface area contributed by atoms with Gasteiger partial charge in [0.2, 0.25) is 0 Å². The van der Waals surface area contributed by atoms with Gasteiger partial charge < -0.3 is 10.2 Å². The summed E-state index contributed by atoms with van der Waals surface area (Å²) >= 11 is 0. The van der Waals surface area contributed by atoms with Crippen molar-refractivity contribution >= 4 is 11.6 Å². The molecule has 0 atom stereocenters. The van der Waals surface area contributed by atoms with Gasteiger partial charge in [0.1, 0.15) is 0 Å². The fourth-order valence-corrected chi connectivity index (χ4v) is 2.63. The molecule has 1 fully saturated rings. The minimum atomic E-state index is -0.652. The van der Waals surface area contributed by atoms with Gasteiger partial charge in [0, 0.05) is 25.7 Å². The highest BCUT2D eigenvalue weighted by Gasteiger charge is 2.25. The number of aromatic nitrogens is 1. The average Bonchev–Trinajstić information content (AvgIpc) is 2.86. The highest BCUT2D eigenvalue weighted by molar-refractivity contribution is 5.49. The first kappa shape index (κ1) is 13.1. The minimum Gasteiger partial charge on any atom is -0.371 e. The van der Waals surface area contributed by atoms with Gasteiger partial charge in [-0.05, 0) is 19.8 Å². The Bertz CT molecular complexity index is 417. The normalized spacial score (nSPS) is 16.0. The summed E-state index contributed by atoms with van der Waals surface area (Å²) in [6.45, 7) is 2.66. The molecule has 1 aliphatic rings. The van der Waals surface area contributed by atoms with Crippen LogP contribution in [0.25, 0.3) is 0 Å². The summed E-state index contributed by atoms with van der Waals surface area (Å²) in [6, 6.07) is 1.23. The van der Waals surface area contributed by atoms with E-state index in [4.69, 9.17) is 0 Å². The van der Waals surface area contributed by atoms with Crippen LogP contribution in [0.15, 0.2) is 6.07 Å². The van der Waals surface area contributed by atoms with Crippen LogP contribution in [-0.4, -0.2) is 24.6 Å². The molecule has 2 rings (SSSR count). The molecule has 0 unspecified atom stereocenters. The van der Waals surface area contributed by atoms with Crippen LogP contribution < -0.4 is 10.2 Å². The second kappa shape index (κ2) is 5.50. The maximum Gasteiger partial charge on any atom is 0.168 e. The van der Waals surface area contributed by atoms with Crippen LogP contribution >= 0.6 is 0 Å². The number of nitrogens with one attached hydrogen (secondary N) is 1. The minimum absolute atomic E-state index is 0.0999. The maximum atomic E-state index is 13.9. The van der Waals surface area contributed by atoms with Crippen LogP contribution in [0.3, 0.4) is 0 Å². The van der Waals surface area contributed by atoms with Crippen LogP contribution in [0, 0.1) is 11.6 Å². The van der Waals surface area contributed by atoms with Crippen LogP contribution in [0.1, 0.15) is 32.6 Å². The Morgan fingerprint density at radius 2 is 2.00 bits per heavy atom. The molecule has 3 nitrogen and oxygen atoms in total. The van der Waals surface area contributed by atoms with Crippen molar-refractivity contribution < 1.29 is 8.78 Å². The van der Waals surface area contributed by atoms with E-state index < -0.39 is 11.6 Å². The van der Waals surface area contributed by atoms with Gasteiger partial charge in [-0.15, -0.1) is 0 Å². The van der Waals surface area contributed by atoms with E-state index in [1.807, 2.05) is 11.8 Å². The molecule has 1 saturated carbocycles. The third-order valence-corrected chi connectivity index (χ3v) is 3.53. The van der Waals surface area contributed by atoms with Gasteiger partial charge in [0.25, 0.3) is 0 Å². The van der Waals surface area contributed by atoms with E-state index in [2.05, 4.69) is 10.3 Å². The zero-order valence-corrected chi connectivity index (χ0v) is 10.8. The summed E-state index contributed by atoms with van der Waals surface area (Å²) in [7, 11) is 1.58. The second-order valence-corrected chi connectivity index (χ2v) is 4.60. The summed E-state index contributed by atoms with van der Waals surface area (Å²) in [5.74, 6) is -0.875. The Morgan fingerprint density at radius 3 is 2.56 bits per heavy atom. The Morgan fingerprint density at radius 1 is 1.33 bits per heavy atom. The molecule has 18 heavy (non-hydrogen) atoms. The number of pyridine rings is 1. The quantitative estimate of drug-likeness (QED) is 0.895. The van der Waals surface area contributed by atoms with E-state index in [0.717, 1.165) is 18.9 Å². The van der Waals surface area contributed by atoms with Crippen molar-refractivity contribution in [2.75, 3.05) is 23.8 Å². The van der Waals surface area contributed by atoms with E-state index in [1.54, 1.807) is 7.05 Å². The number of nitrogens with zero attached hydrogens (tertiary/aromatic N) is 2. The lowest BCUT2D eigenvalue weighted by atomic mass is 10.2. The number of rotatable bonds is 4. The summed E-state index contributed by atoms with van der Waals surface area (Å²) in [6.07, 6.45) is 4.45. The van der Waals surface area contributed by atoms with Gasteiger partial charge in [0.15, 0.2) is 23.3 Å². The Balaban J connectivity index is 2.34. The molecule has 0 saturated heterocycles. The zero-order valence-electron chi connectivity index (χ0n) is 10.8. The molecule has 1 heterocycles. The average molecular weight is 255 g/mol. The lowest BCUT2D eigenvalue weighted by Crippen LogP contribution is -2.34. The van der Waals surface area contributed by atoms with Crippen molar-refractivity contribution in [3.63, 3.8) is 0 Å². The van der Waals surface area contributed by atoms with E-state index >= 15 is 0 Å². The molecule has 0 spiro atoms. The van der Waals surface area contributed by atoms with Gasteiger partial charge in [-0.25, -0.2) is 13.8 Å². The highest BCUT2D eigenvalue weighted by Crippen LogP contribution is 2.30. The van der Waals surface area contributed by atoms with E-state index in [0.29, 0.717) is 12.6 Å². The predicted molar refractivity (Wildman–Crippen MR) is 69.0 cm³/mol. The monoisotopic (exact) mass is 255 g/mol. The fourth-order valence-electron chi connectivity index (χ4n) is 2.63. The van der Waals surface area contributed by atoms with Crippen molar-refractivity contribution in [1.82, 2.24) is 4.98 Å². The molecule has 1 aliphatic carbocycles. The van der Waals surface area contributed by atoms with E-state index in [-0.39, 0.29) is 11.6 Å². The summed E-state index contributed by atoms with van der Waals surface area (Å²) in [4.78, 5) is 6.02. The van der Waals surface area contributed by atoms with Crippen LogP contribution in [-0.2, 0) is 0 Å². The fraction of sp³-hybridized carbons (Fsp3) is 0.615. The molecule has 100 valence electrons. The SMILES string of the molecule is CCN(c1nc(NC)c(F)cc1F)C1CCCC1. The zero-order chi connectivity index (χ0) is 13.1. The van der Waals surface area contributed by atoms with Gasteiger partial charge >= 0.3 is 0 Å². The van der Waals surface area contributed by atoms with E-state index in [1.165, 1.54) is 12.8 Å². The van der Waals surface area contributed by atoms with Crippen molar-refractivity contribution in [1.29, 1.82) is 0 Å². The standard InChI is InChI=1S/C13H19F2N3/c1-3-18(9-6-4-5-7-9)13-11(15)8-10(14)12(16-2)17-13/h8-9H,3-7H2,1-2H3,(H,16,17). The van der Waals surface area contributed by atoms with Crippen molar-refractivity contribution in [2.24, 2.45) is 0 Å². The van der Waals surface area contributed by atoms with Crippen molar-refractivity contribution in [2.45, 2.75) is 38.6 Å². The maximum absolute atomic E-state index is 13.9. The third kappa shape index (κ3) is 2.40. The van der Waals surface area contributed by atoms with Crippen LogP contribution in [0.5, 0.6) is 0 Å². The third-order valence-electron chi connectivity index (χ3n) is 3.53. The Hall–Kier alpha value is -1.39. The van der Waals surface area contributed by atoms with E-state index in [9.17, 15) is 8.78 Å². The Kier molecular flexibility index (Phi) is 3.99.